The molecule has 10 heteroatoms. The Balaban J connectivity index is 4.29. The number of phosphoric ester groups is 1. The van der Waals surface area contributed by atoms with Gasteiger partial charge in [-0.05, 0) is 38.5 Å². The average Bonchev–Trinajstić information content (AvgIpc) is 3.15. The zero-order chi connectivity index (χ0) is 41.4. The van der Waals surface area contributed by atoms with Crippen molar-refractivity contribution in [2.45, 2.75) is 225 Å². The van der Waals surface area contributed by atoms with Crippen molar-refractivity contribution in [3.8, 4) is 0 Å². The number of quaternary nitrogens is 1. The van der Waals surface area contributed by atoms with Crippen LogP contribution in [0, 0.1) is 0 Å². The van der Waals surface area contributed by atoms with Gasteiger partial charge in [0, 0.05) is 12.8 Å². The monoisotopic (exact) mass is 816 g/mol. The molecule has 0 amide bonds. The molecule has 0 aliphatic carbocycles. The van der Waals surface area contributed by atoms with Gasteiger partial charge in [-0.2, -0.15) is 0 Å². The maximum Gasteiger partial charge on any atom is 0.306 e. The Kier molecular flexibility index (Phi) is 38.3. The molecule has 0 aromatic carbocycles. The summed E-state index contributed by atoms with van der Waals surface area (Å²) in [5.74, 6) is -0.825. The lowest BCUT2D eigenvalue weighted by Crippen LogP contribution is -2.37. The molecule has 0 radical (unpaired) electrons. The molecule has 0 heterocycles. The van der Waals surface area contributed by atoms with E-state index < -0.39 is 26.5 Å². The molecular weight excluding hydrogens is 725 g/mol. The number of esters is 2. The van der Waals surface area contributed by atoms with Crippen molar-refractivity contribution in [3.63, 3.8) is 0 Å². The lowest BCUT2D eigenvalue weighted by atomic mass is 10.0. The van der Waals surface area contributed by atoms with Crippen LogP contribution in [0.4, 0.5) is 0 Å². The van der Waals surface area contributed by atoms with E-state index in [0.717, 1.165) is 38.5 Å². The number of hydrogen-bond donors (Lipinski definition) is 0. The van der Waals surface area contributed by atoms with Crippen LogP contribution in [-0.4, -0.2) is 70.0 Å². The maximum atomic E-state index is 12.7. The lowest BCUT2D eigenvalue weighted by molar-refractivity contribution is -0.870. The van der Waals surface area contributed by atoms with Crippen molar-refractivity contribution in [3.05, 3.63) is 12.2 Å². The highest BCUT2D eigenvalue weighted by molar-refractivity contribution is 7.45. The number of carbonyl (C=O) groups excluding carboxylic acids is 2. The Hall–Kier alpha value is -1.25. The van der Waals surface area contributed by atoms with Crippen molar-refractivity contribution in [2.24, 2.45) is 0 Å². The Morgan fingerprint density at radius 1 is 0.536 bits per heavy atom. The van der Waals surface area contributed by atoms with E-state index in [9.17, 15) is 19.0 Å². The van der Waals surface area contributed by atoms with Crippen LogP contribution in [0.5, 0.6) is 0 Å². The number of phosphoric acid groups is 1. The SMILES string of the molecule is CCCCCC/C=C/CCCCCCCCCCCC(=O)O[C@H](COC(=O)CCCCCCCCCCCCCCCCC)COP(=O)([O-])OCC[N+](C)(C)C. The highest BCUT2D eigenvalue weighted by Gasteiger charge is 2.21. The molecule has 0 N–H and O–H groups in total. The third-order valence-corrected chi connectivity index (χ3v) is 11.2. The van der Waals surface area contributed by atoms with Crippen molar-refractivity contribution in [1.29, 1.82) is 0 Å². The molecule has 9 nitrogen and oxygen atoms in total. The minimum absolute atomic E-state index is 0.0279. The largest absolute Gasteiger partial charge is 0.756 e. The zero-order valence-corrected chi connectivity index (χ0v) is 38.2. The van der Waals surface area contributed by atoms with Gasteiger partial charge in [0.25, 0.3) is 7.82 Å². The predicted molar refractivity (Wildman–Crippen MR) is 231 cm³/mol. The van der Waals surface area contributed by atoms with E-state index in [1.165, 1.54) is 148 Å². The molecule has 2 atom stereocenters. The molecule has 0 saturated carbocycles. The summed E-state index contributed by atoms with van der Waals surface area (Å²) >= 11 is 0. The topological polar surface area (TPSA) is 111 Å². The van der Waals surface area contributed by atoms with Crippen LogP contribution in [0.1, 0.15) is 219 Å². The molecule has 0 aromatic heterocycles. The molecular formula is C46H90NO8P. The highest BCUT2D eigenvalue weighted by atomic mass is 31.2. The predicted octanol–water partition coefficient (Wildman–Crippen LogP) is 12.7. The number of ether oxygens (including phenoxy) is 2. The first-order valence-electron chi connectivity index (χ1n) is 23.4. The average molecular weight is 816 g/mol. The van der Waals surface area contributed by atoms with Gasteiger partial charge in [-0.25, -0.2) is 0 Å². The fraction of sp³-hybridized carbons (Fsp3) is 0.913. The molecule has 0 saturated heterocycles. The minimum Gasteiger partial charge on any atom is -0.756 e. The van der Waals surface area contributed by atoms with Gasteiger partial charge < -0.3 is 27.9 Å². The van der Waals surface area contributed by atoms with Crippen molar-refractivity contribution >= 4 is 19.8 Å². The van der Waals surface area contributed by atoms with Gasteiger partial charge in [0.1, 0.15) is 19.8 Å². The number of hydrogen-bond acceptors (Lipinski definition) is 8. The van der Waals surface area contributed by atoms with Gasteiger partial charge in [-0.15, -0.1) is 0 Å². The first-order valence-corrected chi connectivity index (χ1v) is 24.9. The van der Waals surface area contributed by atoms with Crippen LogP contribution < -0.4 is 4.89 Å². The normalized spacial score (nSPS) is 13.6. The van der Waals surface area contributed by atoms with Crippen LogP contribution in [0.2, 0.25) is 0 Å². The number of carbonyl (C=O) groups is 2. The summed E-state index contributed by atoms with van der Waals surface area (Å²) < 4.78 is 34.0. The van der Waals surface area contributed by atoms with E-state index in [1.54, 1.807) is 0 Å². The summed E-state index contributed by atoms with van der Waals surface area (Å²) in [6.45, 7) is 4.25. The van der Waals surface area contributed by atoms with Gasteiger partial charge >= 0.3 is 11.9 Å². The summed E-state index contributed by atoms with van der Waals surface area (Å²) in [5, 5.41) is 0. The second-order valence-electron chi connectivity index (χ2n) is 17.1. The quantitative estimate of drug-likeness (QED) is 0.0197. The molecule has 0 aromatic rings. The smallest absolute Gasteiger partial charge is 0.306 e. The van der Waals surface area contributed by atoms with E-state index >= 15 is 0 Å². The third-order valence-electron chi connectivity index (χ3n) is 10.3. The molecule has 0 fully saturated rings. The Morgan fingerprint density at radius 2 is 0.911 bits per heavy atom. The van der Waals surface area contributed by atoms with E-state index in [-0.39, 0.29) is 32.0 Å². The molecule has 1 unspecified atom stereocenters. The van der Waals surface area contributed by atoms with Gasteiger partial charge in [0.05, 0.1) is 27.7 Å². The van der Waals surface area contributed by atoms with Crippen molar-refractivity contribution < 1.29 is 42.1 Å². The Labute approximate surface area is 346 Å². The number of nitrogens with zero attached hydrogens (tertiary/aromatic N) is 1. The summed E-state index contributed by atoms with van der Waals surface area (Å²) in [7, 11) is 1.18. The van der Waals surface area contributed by atoms with E-state index in [1.807, 2.05) is 21.1 Å². The number of rotatable bonds is 43. The fourth-order valence-electron chi connectivity index (χ4n) is 6.59. The van der Waals surface area contributed by atoms with Crippen molar-refractivity contribution in [2.75, 3.05) is 47.5 Å². The molecule has 0 bridgehead atoms. The van der Waals surface area contributed by atoms with E-state index in [4.69, 9.17) is 18.5 Å². The van der Waals surface area contributed by atoms with E-state index in [0.29, 0.717) is 17.4 Å². The molecule has 332 valence electrons. The van der Waals surface area contributed by atoms with Gasteiger partial charge in [0.15, 0.2) is 6.10 Å². The van der Waals surface area contributed by atoms with E-state index in [2.05, 4.69) is 26.0 Å². The maximum absolute atomic E-state index is 12.7. The fourth-order valence-corrected chi connectivity index (χ4v) is 7.32. The first kappa shape index (κ1) is 54.8. The number of allylic oxidation sites excluding steroid dienone is 2. The van der Waals surface area contributed by atoms with Crippen LogP contribution in [0.25, 0.3) is 0 Å². The summed E-state index contributed by atoms with van der Waals surface area (Å²) in [4.78, 5) is 37.6. The minimum atomic E-state index is -4.62. The molecule has 0 aliphatic rings. The highest BCUT2D eigenvalue weighted by Crippen LogP contribution is 2.38. The van der Waals surface area contributed by atoms with Crippen LogP contribution in [0.15, 0.2) is 12.2 Å². The molecule has 56 heavy (non-hydrogen) atoms. The first-order chi connectivity index (χ1) is 27.0. The molecule has 0 spiro atoms. The van der Waals surface area contributed by atoms with Gasteiger partial charge in [-0.3, -0.25) is 14.2 Å². The Bertz CT molecular complexity index is 969. The van der Waals surface area contributed by atoms with Crippen LogP contribution in [-0.2, 0) is 32.7 Å². The number of unbranched alkanes of at least 4 members (excludes halogenated alkanes) is 27. The van der Waals surface area contributed by atoms with Crippen LogP contribution >= 0.6 is 7.82 Å². The molecule has 0 rings (SSSR count). The second kappa shape index (κ2) is 39.2. The summed E-state index contributed by atoms with van der Waals surface area (Å²) in [6.07, 6.45) is 40.8. The molecule has 0 aliphatic heterocycles. The Morgan fingerprint density at radius 3 is 1.34 bits per heavy atom. The lowest BCUT2D eigenvalue weighted by Gasteiger charge is -2.28. The van der Waals surface area contributed by atoms with Crippen molar-refractivity contribution in [1.82, 2.24) is 0 Å². The zero-order valence-electron chi connectivity index (χ0n) is 37.3. The number of likely N-dealkylation sites (N-methyl/N-ethyl adjacent to an activating group) is 1. The second-order valence-corrected chi connectivity index (χ2v) is 18.5. The van der Waals surface area contributed by atoms with Gasteiger partial charge in [-0.1, -0.05) is 180 Å². The summed E-state index contributed by atoms with van der Waals surface area (Å²) in [6, 6.07) is 0. The van der Waals surface area contributed by atoms with Gasteiger partial charge in [0.2, 0.25) is 0 Å². The summed E-state index contributed by atoms with van der Waals surface area (Å²) in [5.41, 5.74) is 0. The third kappa shape index (κ3) is 42.4. The standard InChI is InChI=1S/C46H90NO8P/c1-6-8-10-12-14-16-18-20-22-23-25-27-29-31-33-35-37-39-46(49)55-44(43-54-56(50,51)53-41-40-47(3,4)5)42-52-45(48)38-36-34-32-30-28-26-24-21-19-17-15-13-11-9-7-2/h16,18,44H,6-15,17,19-43H2,1-5H3/b18-16+/t44-/m1/s1. The van der Waals surface area contributed by atoms with Crippen LogP contribution in [0.3, 0.4) is 0 Å².